The molecule has 0 amide bonds. The molecule has 1 saturated heterocycles. The molecular weight excluding hydrogens is 179 g/mol. The molecule has 3 atom stereocenters. The molecule has 3 unspecified atom stereocenters. The lowest BCUT2D eigenvalue weighted by Gasteiger charge is -2.19. The van der Waals surface area contributed by atoms with Gasteiger partial charge in [0.1, 0.15) is 25.0 Å². The average molecular weight is 194 g/mol. The highest BCUT2D eigenvalue weighted by Gasteiger charge is 2.44. The Bertz CT molecular complexity index is 174. The maximum absolute atomic E-state index is 12.1. The number of aliphatic hydroxyl groups excluding tert-OH is 2. The largest absolute Gasteiger partial charge is 0.394 e. The highest BCUT2D eigenvalue weighted by Crippen LogP contribution is 2.29. The lowest BCUT2D eigenvalue weighted by molar-refractivity contribution is -0.157. The van der Waals surface area contributed by atoms with E-state index in [0.717, 1.165) is 0 Å². The van der Waals surface area contributed by atoms with Crippen LogP contribution in [0, 0.1) is 0 Å². The second-order valence-electron chi connectivity index (χ2n) is 3.54. The van der Waals surface area contributed by atoms with Gasteiger partial charge in [0.25, 0.3) is 0 Å². The summed E-state index contributed by atoms with van der Waals surface area (Å²) in [6.07, 6.45) is -2.68. The molecule has 0 aromatic heterocycles. The standard InChI is InChI=1S/C8H15FO4/c1-8(2)12-6(4-10)7(13-8)5(11)3-9/h5-7,10-11H,3-4H2,1-2H3. The van der Waals surface area contributed by atoms with Gasteiger partial charge in [-0.3, -0.25) is 0 Å². The Kier molecular flexibility index (Phi) is 3.23. The molecule has 2 N–H and O–H groups in total. The molecule has 0 saturated carbocycles. The van der Waals surface area contributed by atoms with E-state index >= 15 is 0 Å². The van der Waals surface area contributed by atoms with Crippen molar-refractivity contribution in [2.75, 3.05) is 13.3 Å². The summed E-state index contributed by atoms with van der Waals surface area (Å²) in [7, 11) is 0. The second kappa shape index (κ2) is 3.88. The fraction of sp³-hybridized carbons (Fsp3) is 1.00. The molecule has 1 aliphatic rings. The van der Waals surface area contributed by atoms with Crippen LogP contribution >= 0.6 is 0 Å². The number of hydrogen-bond acceptors (Lipinski definition) is 4. The number of hydrogen-bond donors (Lipinski definition) is 2. The minimum atomic E-state index is -1.24. The second-order valence-corrected chi connectivity index (χ2v) is 3.54. The van der Waals surface area contributed by atoms with Crippen molar-refractivity contribution < 1.29 is 24.1 Å². The summed E-state index contributed by atoms with van der Waals surface area (Å²) < 4.78 is 22.6. The smallest absolute Gasteiger partial charge is 0.164 e. The van der Waals surface area contributed by atoms with Gasteiger partial charge in [-0.2, -0.15) is 0 Å². The van der Waals surface area contributed by atoms with Crippen LogP contribution in [0.3, 0.4) is 0 Å². The predicted molar refractivity (Wildman–Crippen MR) is 42.9 cm³/mol. The zero-order valence-electron chi connectivity index (χ0n) is 7.74. The molecule has 0 bridgehead atoms. The molecule has 5 heteroatoms. The molecule has 13 heavy (non-hydrogen) atoms. The van der Waals surface area contributed by atoms with Crippen molar-refractivity contribution in [2.45, 2.75) is 37.9 Å². The van der Waals surface area contributed by atoms with E-state index in [1.807, 2.05) is 0 Å². The zero-order valence-corrected chi connectivity index (χ0v) is 7.74. The minimum Gasteiger partial charge on any atom is -0.394 e. The van der Waals surface area contributed by atoms with Gasteiger partial charge < -0.3 is 19.7 Å². The third-order valence-corrected chi connectivity index (χ3v) is 1.94. The number of alkyl halides is 1. The molecule has 0 radical (unpaired) electrons. The van der Waals surface area contributed by atoms with Crippen LogP contribution in [-0.2, 0) is 9.47 Å². The molecule has 0 aromatic rings. The van der Waals surface area contributed by atoms with Crippen LogP contribution in [-0.4, -0.2) is 47.6 Å². The fourth-order valence-electron chi connectivity index (χ4n) is 1.42. The number of halogens is 1. The molecule has 1 fully saturated rings. The van der Waals surface area contributed by atoms with E-state index in [1.165, 1.54) is 0 Å². The average Bonchev–Trinajstić information content (AvgIpc) is 2.39. The van der Waals surface area contributed by atoms with E-state index in [9.17, 15) is 9.50 Å². The van der Waals surface area contributed by atoms with Gasteiger partial charge in [0.15, 0.2) is 5.79 Å². The Balaban J connectivity index is 2.63. The summed E-state index contributed by atoms with van der Waals surface area (Å²) >= 11 is 0. The summed E-state index contributed by atoms with van der Waals surface area (Å²) in [5.74, 6) is -0.867. The van der Waals surface area contributed by atoms with Crippen molar-refractivity contribution in [1.82, 2.24) is 0 Å². The van der Waals surface area contributed by atoms with E-state index in [1.54, 1.807) is 13.8 Å². The first-order chi connectivity index (χ1) is 6.00. The van der Waals surface area contributed by atoms with E-state index < -0.39 is 30.8 Å². The molecular formula is C8H15FO4. The van der Waals surface area contributed by atoms with Gasteiger partial charge in [0, 0.05) is 0 Å². The van der Waals surface area contributed by atoms with Crippen LogP contribution < -0.4 is 0 Å². The van der Waals surface area contributed by atoms with Gasteiger partial charge in [0.2, 0.25) is 0 Å². The van der Waals surface area contributed by atoms with Crippen LogP contribution in [0.4, 0.5) is 4.39 Å². The highest BCUT2D eigenvalue weighted by molar-refractivity contribution is 4.85. The van der Waals surface area contributed by atoms with E-state index in [-0.39, 0.29) is 6.61 Å². The maximum atomic E-state index is 12.1. The summed E-state index contributed by atoms with van der Waals surface area (Å²) in [4.78, 5) is 0. The highest BCUT2D eigenvalue weighted by atomic mass is 19.1. The van der Waals surface area contributed by atoms with Gasteiger partial charge in [0.05, 0.1) is 6.61 Å². The predicted octanol–water partition coefficient (Wildman–Crippen LogP) is -0.171. The topological polar surface area (TPSA) is 58.9 Å². The van der Waals surface area contributed by atoms with Crippen molar-refractivity contribution in [1.29, 1.82) is 0 Å². The lowest BCUT2D eigenvalue weighted by atomic mass is 10.1. The third-order valence-electron chi connectivity index (χ3n) is 1.94. The first kappa shape index (κ1) is 10.8. The SMILES string of the molecule is CC1(C)OC(CO)C(C(O)CF)O1. The van der Waals surface area contributed by atoms with Crippen molar-refractivity contribution in [3.63, 3.8) is 0 Å². The number of ether oxygens (including phenoxy) is 2. The molecule has 0 spiro atoms. The summed E-state index contributed by atoms with van der Waals surface area (Å²) in [6.45, 7) is 2.12. The van der Waals surface area contributed by atoms with Crippen molar-refractivity contribution in [3.05, 3.63) is 0 Å². The van der Waals surface area contributed by atoms with Crippen molar-refractivity contribution in [2.24, 2.45) is 0 Å². The molecule has 0 aromatic carbocycles. The first-order valence-electron chi connectivity index (χ1n) is 4.20. The lowest BCUT2D eigenvalue weighted by Crippen LogP contribution is -2.38. The van der Waals surface area contributed by atoms with E-state index in [4.69, 9.17) is 14.6 Å². The summed E-state index contributed by atoms with van der Waals surface area (Å²) in [5.41, 5.74) is 0. The molecule has 1 heterocycles. The van der Waals surface area contributed by atoms with Gasteiger partial charge >= 0.3 is 0 Å². The molecule has 1 rings (SSSR count). The molecule has 0 aliphatic carbocycles. The van der Waals surface area contributed by atoms with Gasteiger partial charge in [-0.25, -0.2) is 4.39 Å². The van der Waals surface area contributed by atoms with Crippen LogP contribution in [0.2, 0.25) is 0 Å². The Morgan fingerprint density at radius 2 is 2.08 bits per heavy atom. The first-order valence-corrected chi connectivity index (χ1v) is 4.20. The van der Waals surface area contributed by atoms with Gasteiger partial charge in [-0.15, -0.1) is 0 Å². The van der Waals surface area contributed by atoms with Crippen molar-refractivity contribution >= 4 is 0 Å². The van der Waals surface area contributed by atoms with E-state index in [2.05, 4.69) is 0 Å². The van der Waals surface area contributed by atoms with Gasteiger partial charge in [-0.1, -0.05) is 0 Å². The van der Waals surface area contributed by atoms with Crippen LogP contribution in [0.15, 0.2) is 0 Å². The third kappa shape index (κ3) is 2.37. The summed E-state index contributed by atoms with van der Waals surface area (Å²) in [5, 5.41) is 18.1. The summed E-state index contributed by atoms with van der Waals surface area (Å²) in [6, 6.07) is 0. The maximum Gasteiger partial charge on any atom is 0.164 e. The molecule has 4 nitrogen and oxygen atoms in total. The monoisotopic (exact) mass is 194 g/mol. The number of aliphatic hydroxyl groups is 2. The fourth-order valence-corrected chi connectivity index (χ4v) is 1.42. The van der Waals surface area contributed by atoms with Crippen LogP contribution in [0.25, 0.3) is 0 Å². The normalized spacial score (nSPS) is 34.8. The van der Waals surface area contributed by atoms with Crippen molar-refractivity contribution in [3.8, 4) is 0 Å². The Morgan fingerprint density at radius 3 is 2.54 bits per heavy atom. The van der Waals surface area contributed by atoms with Crippen LogP contribution in [0.5, 0.6) is 0 Å². The quantitative estimate of drug-likeness (QED) is 0.655. The Hall–Kier alpha value is -0.230. The Labute approximate surface area is 76.3 Å². The number of rotatable bonds is 3. The minimum absolute atomic E-state index is 0.287. The molecule has 1 aliphatic heterocycles. The molecule has 78 valence electrons. The van der Waals surface area contributed by atoms with Crippen LogP contribution in [0.1, 0.15) is 13.8 Å². The zero-order chi connectivity index (χ0) is 10.1. The van der Waals surface area contributed by atoms with Gasteiger partial charge in [-0.05, 0) is 13.8 Å². The Morgan fingerprint density at radius 1 is 1.46 bits per heavy atom. The van der Waals surface area contributed by atoms with E-state index in [0.29, 0.717) is 0 Å².